The van der Waals surface area contributed by atoms with E-state index in [-0.39, 0.29) is 33.8 Å². The van der Waals surface area contributed by atoms with Crippen molar-refractivity contribution in [3.05, 3.63) is 65.6 Å². The van der Waals surface area contributed by atoms with Crippen LogP contribution in [0.3, 0.4) is 0 Å². The number of fused-ring (bicyclic) bond motifs is 1. The van der Waals surface area contributed by atoms with Crippen molar-refractivity contribution in [3.8, 4) is 11.6 Å². The molecule has 2 heterocycles. The van der Waals surface area contributed by atoms with Gasteiger partial charge in [0.05, 0.1) is 23.3 Å². The van der Waals surface area contributed by atoms with Crippen molar-refractivity contribution in [2.24, 2.45) is 0 Å². The lowest BCUT2D eigenvalue weighted by Crippen LogP contribution is -2.14. The number of halogens is 1. The molecule has 4 rings (SSSR count). The number of hydrogen-bond acceptors (Lipinski definition) is 6. The Balaban J connectivity index is 1.60. The average Bonchev–Trinajstić information content (AvgIpc) is 3.00. The molecule has 10 heteroatoms. The highest BCUT2D eigenvalue weighted by Crippen LogP contribution is 2.33. The number of hydrogen-bond donors (Lipinski definition) is 2. The summed E-state index contributed by atoms with van der Waals surface area (Å²) in [5.41, 5.74) is 1.38. The first-order chi connectivity index (χ1) is 13.4. The maximum absolute atomic E-state index is 12.8. The molecule has 1 amide bonds. The number of carbonyl (C=O) groups is 1. The van der Waals surface area contributed by atoms with Gasteiger partial charge in [0, 0.05) is 24.1 Å². The molecule has 1 aliphatic rings. The van der Waals surface area contributed by atoms with Gasteiger partial charge in [-0.3, -0.25) is 14.5 Å². The quantitative estimate of drug-likeness (QED) is 0.660. The normalized spacial score (nSPS) is 13.0. The van der Waals surface area contributed by atoms with E-state index in [0.717, 1.165) is 0 Å². The van der Waals surface area contributed by atoms with Gasteiger partial charge in [0.1, 0.15) is 10.6 Å². The lowest BCUT2D eigenvalue weighted by atomic mass is 10.2. The minimum atomic E-state index is -3.98. The Morgan fingerprint density at radius 3 is 2.82 bits per heavy atom. The van der Waals surface area contributed by atoms with Crippen LogP contribution in [0.1, 0.15) is 5.56 Å². The number of amides is 1. The number of sulfonamides is 1. The van der Waals surface area contributed by atoms with Crippen LogP contribution in [0.15, 0.2) is 59.9 Å². The Hall–Kier alpha value is -3.17. The third-order valence-corrected chi connectivity index (χ3v) is 5.77. The number of anilines is 2. The number of ether oxygens (including phenoxy) is 1. The third kappa shape index (κ3) is 3.75. The summed E-state index contributed by atoms with van der Waals surface area (Å²) in [6, 6.07) is 9.22. The van der Waals surface area contributed by atoms with Crippen LogP contribution in [0.25, 0.3) is 0 Å². The maximum atomic E-state index is 12.8. The summed E-state index contributed by atoms with van der Waals surface area (Å²) in [5.74, 6) is 0.458. The fraction of sp³-hybridized carbons (Fsp3) is 0.0556. The summed E-state index contributed by atoms with van der Waals surface area (Å²) in [6.07, 6.45) is 4.55. The molecule has 0 spiro atoms. The van der Waals surface area contributed by atoms with Gasteiger partial charge < -0.3 is 10.1 Å². The molecule has 8 nitrogen and oxygen atoms in total. The van der Waals surface area contributed by atoms with Gasteiger partial charge in [-0.25, -0.2) is 13.4 Å². The largest absolute Gasteiger partial charge is 0.437 e. The number of benzene rings is 2. The van der Waals surface area contributed by atoms with E-state index in [4.69, 9.17) is 16.3 Å². The number of rotatable bonds is 5. The van der Waals surface area contributed by atoms with Crippen LogP contribution in [0.2, 0.25) is 5.02 Å². The molecule has 2 N–H and O–H groups in total. The summed E-state index contributed by atoms with van der Waals surface area (Å²) < 4.78 is 33.6. The van der Waals surface area contributed by atoms with Gasteiger partial charge in [0.2, 0.25) is 11.8 Å². The summed E-state index contributed by atoms with van der Waals surface area (Å²) in [7, 11) is -3.98. The number of aromatic nitrogens is 2. The average molecular weight is 417 g/mol. The molecule has 0 radical (unpaired) electrons. The lowest BCUT2D eigenvalue weighted by molar-refractivity contribution is -0.115. The van der Waals surface area contributed by atoms with E-state index in [9.17, 15) is 13.2 Å². The number of nitrogens with zero attached hydrogens (tertiary/aromatic N) is 2. The topological polar surface area (TPSA) is 110 Å². The van der Waals surface area contributed by atoms with Crippen LogP contribution < -0.4 is 14.8 Å². The van der Waals surface area contributed by atoms with Crippen molar-refractivity contribution in [3.63, 3.8) is 0 Å². The molecule has 0 atom stereocenters. The second-order valence-electron chi connectivity index (χ2n) is 5.94. The zero-order chi connectivity index (χ0) is 19.7. The molecular weight excluding hydrogens is 404 g/mol. The first-order valence-corrected chi connectivity index (χ1v) is 9.96. The summed E-state index contributed by atoms with van der Waals surface area (Å²) in [5, 5.41) is 2.65. The highest BCUT2D eigenvalue weighted by Gasteiger charge is 2.25. The molecule has 0 unspecified atom stereocenters. The van der Waals surface area contributed by atoms with Gasteiger partial charge in [0.15, 0.2) is 0 Å². The van der Waals surface area contributed by atoms with Gasteiger partial charge in [-0.2, -0.15) is 0 Å². The van der Waals surface area contributed by atoms with E-state index in [1.165, 1.54) is 36.8 Å². The zero-order valence-electron chi connectivity index (χ0n) is 14.2. The van der Waals surface area contributed by atoms with Crippen LogP contribution in [0, 0.1) is 0 Å². The first-order valence-electron chi connectivity index (χ1n) is 8.10. The molecule has 0 saturated carbocycles. The molecule has 1 aromatic heterocycles. The van der Waals surface area contributed by atoms with E-state index in [1.807, 2.05) is 0 Å². The van der Waals surface area contributed by atoms with Crippen molar-refractivity contribution in [1.82, 2.24) is 9.97 Å². The highest BCUT2D eigenvalue weighted by molar-refractivity contribution is 7.92. The standard InChI is InChI=1S/C18H13ClN4O4S/c19-14-9-15-11(7-17(24)22-15)6-16(14)28(25,26)23-12-2-1-3-13(8-12)27-18-10-20-4-5-21-18/h1-6,8-10,23H,7H2,(H,22,24). The molecule has 0 fully saturated rings. The van der Waals surface area contributed by atoms with Crippen molar-refractivity contribution in [1.29, 1.82) is 0 Å². The zero-order valence-corrected chi connectivity index (χ0v) is 15.8. The van der Waals surface area contributed by atoms with Crippen LogP contribution in [-0.4, -0.2) is 24.3 Å². The number of nitrogens with one attached hydrogen (secondary N) is 2. The SMILES string of the molecule is O=C1Cc2cc(S(=O)(=O)Nc3cccc(Oc4cnccn4)c3)c(Cl)cc2N1. The fourth-order valence-corrected chi connectivity index (χ4v) is 4.35. The molecule has 1 aliphatic heterocycles. The van der Waals surface area contributed by atoms with E-state index < -0.39 is 10.0 Å². The fourth-order valence-electron chi connectivity index (χ4n) is 2.72. The van der Waals surface area contributed by atoms with Crippen molar-refractivity contribution < 1.29 is 17.9 Å². The first kappa shape index (κ1) is 18.2. The predicted molar refractivity (Wildman–Crippen MR) is 103 cm³/mol. The van der Waals surface area contributed by atoms with Gasteiger partial charge in [0.25, 0.3) is 10.0 Å². The highest BCUT2D eigenvalue weighted by atomic mass is 35.5. The molecule has 0 bridgehead atoms. The second kappa shape index (κ2) is 7.10. The van der Waals surface area contributed by atoms with Crippen molar-refractivity contribution >= 4 is 38.9 Å². The van der Waals surface area contributed by atoms with Crippen LogP contribution in [0.5, 0.6) is 11.6 Å². The molecule has 2 aromatic carbocycles. The summed E-state index contributed by atoms with van der Waals surface area (Å²) in [4.78, 5) is 19.3. The summed E-state index contributed by atoms with van der Waals surface area (Å²) in [6.45, 7) is 0. The molecule has 3 aromatic rings. The molecule has 0 aliphatic carbocycles. The van der Waals surface area contributed by atoms with Gasteiger partial charge >= 0.3 is 0 Å². The predicted octanol–water partition coefficient (Wildman–Crippen LogP) is 3.22. The van der Waals surface area contributed by atoms with Crippen LogP contribution >= 0.6 is 11.6 Å². The lowest BCUT2D eigenvalue weighted by Gasteiger charge is -2.12. The van der Waals surface area contributed by atoms with Crippen LogP contribution in [0.4, 0.5) is 11.4 Å². The van der Waals surface area contributed by atoms with Gasteiger partial charge in [-0.05, 0) is 29.8 Å². The van der Waals surface area contributed by atoms with E-state index >= 15 is 0 Å². The smallest absolute Gasteiger partial charge is 0.263 e. The maximum Gasteiger partial charge on any atom is 0.263 e. The Morgan fingerprint density at radius 1 is 1.18 bits per heavy atom. The Bertz CT molecular complexity index is 1170. The Labute approximate surface area is 165 Å². The van der Waals surface area contributed by atoms with Crippen molar-refractivity contribution in [2.45, 2.75) is 11.3 Å². The van der Waals surface area contributed by atoms with Crippen LogP contribution in [-0.2, 0) is 21.2 Å². The summed E-state index contributed by atoms with van der Waals surface area (Å²) >= 11 is 6.13. The number of carbonyl (C=O) groups excluding carboxylic acids is 1. The van der Waals surface area contributed by atoms with E-state index in [2.05, 4.69) is 20.0 Å². The molecular formula is C18H13ClN4O4S. The van der Waals surface area contributed by atoms with E-state index in [1.54, 1.807) is 18.2 Å². The second-order valence-corrected chi connectivity index (χ2v) is 8.00. The van der Waals surface area contributed by atoms with Crippen molar-refractivity contribution in [2.75, 3.05) is 10.0 Å². The molecule has 28 heavy (non-hydrogen) atoms. The van der Waals surface area contributed by atoms with Gasteiger partial charge in [-0.15, -0.1) is 0 Å². The van der Waals surface area contributed by atoms with Gasteiger partial charge in [-0.1, -0.05) is 17.7 Å². The molecule has 142 valence electrons. The Kier molecular flexibility index (Phi) is 4.62. The monoisotopic (exact) mass is 416 g/mol. The van der Waals surface area contributed by atoms with E-state index in [0.29, 0.717) is 17.0 Å². The minimum Gasteiger partial charge on any atom is -0.437 e. The molecule has 0 saturated heterocycles. The third-order valence-electron chi connectivity index (χ3n) is 3.92. The minimum absolute atomic E-state index is 0.0143. The Morgan fingerprint density at radius 2 is 2.04 bits per heavy atom.